The molecule has 0 aromatic heterocycles. The standard InChI is InChI=1S/C15H21ClF3NO/c1-14(2,3)20-10-11-5-6-13(12(16)9-11)21-8-4-7-15(17,18)19/h5-6,9,20H,4,7-8,10H2,1-3H3. The highest BCUT2D eigenvalue weighted by Crippen LogP contribution is 2.27. The molecule has 0 spiro atoms. The van der Waals surface area contributed by atoms with Gasteiger partial charge in [0.1, 0.15) is 5.75 Å². The third-order valence-electron chi connectivity index (χ3n) is 2.68. The fourth-order valence-electron chi connectivity index (χ4n) is 1.59. The largest absolute Gasteiger partial charge is 0.492 e. The second kappa shape index (κ2) is 7.36. The highest BCUT2D eigenvalue weighted by Gasteiger charge is 2.26. The average Bonchev–Trinajstić information content (AvgIpc) is 2.32. The molecular weight excluding hydrogens is 303 g/mol. The van der Waals surface area contributed by atoms with Crippen molar-refractivity contribution in [2.75, 3.05) is 6.61 Å². The fraction of sp³-hybridized carbons (Fsp3) is 0.600. The molecule has 1 aromatic rings. The zero-order chi connectivity index (χ0) is 16.1. The van der Waals surface area contributed by atoms with E-state index < -0.39 is 12.6 Å². The van der Waals surface area contributed by atoms with Crippen LogP contribution in [0.5, 0.6) is 5.75 Å². The summed E-state index contributed by atoms with van der Waals surface area (Å²) in [6.45, 7) is 6.85. The lowest BCUT2D eigenvalue weighted by Crippen LogP contribution is -2.35. The first kappa shape index (κ1) is 18.1. The summed E-state index contributed by atoms with van der Waals surface area (Å²) < 4.78 is 41.3. The Labute approximate surface area is 128 Å². The first-order valence-corrected chi connectivity index (χ1v) is 7.18. The van der Waals surface area contributed by atoms with Crippen LogP contribution in [0.2, 0.25) is 5.02 Å². The van der Waals surface area contributed by atoms with Gasteiger partial charge in [-0.3, -0.25) is 0 Å². The van der Waals surface area contributed by atoms with Crippen LogP contribution in [0.1, 0.15) is 39.2 Å². The van der Waals surface area contributed by atoms with Crippen LogP contribution in [0.3, 0.4) is 0 Å². The van der Waals surface area contributed by atoms with Gasteiger partial charge in [0.2, 0.25) is 0 Å². The first-order valence-electron chi connectivity index (χ1n) is 6.80. The van der Waals surface area contributed by atoms with Crippen molar-refractivity contribution in [1.82, 2.24) is 5.32 Å². The molecule has 0 unspecified atom stereocenters. The number of alkyl halides is 3. The Kier molecular flexibility index (Phi) is 6.35. The molecule has 1 rings (SSSR count). The summed E-state index contributed by atoms with van der Waals surface area (Å²) in [5.41, 5.74) is 0.997. The van der Waals surface area contributed by atoms with E-state index in [0.29, 0.717) is 17.3 Å². The molecule has 0 atom stereocenters. The molecule has 0 amide bonds. The highest BCUT2D eigenvalue weighted by molar-refractivity contribution is 6.32. The Hall–Kier alpha value is -0.940. The SMILES string of the molecule is CC(C)(C)NCc1ccc(OCCCC(F)(F)F)c(Cl)c1. The van der Waals surface area contributed by atoms with Gasteiger partial charge in [-0.2, -0.15) is 13.2 Å². The second-order valence-electron chi connectivity index (χ2n) is 5.94. The third kappa shape index (κ3) is 8.17. The average molecular weight is 324 g/mol. The van der Waals surface area contributed by atoms with Crippen LogP contribution < -0.4 is 10.1 Å². The van der Waals surface area contributed by atoms with Gasteiger partial charge in [-0.05, 0) is 44.9 Å². The van der Waals surface area contributed by atoms with Crippen molar-refractivity contribution in [1.29, 1.82) is 0 Å². The van der Waals surface area contributed by atoms with E-state index >= 15 is 0 Å². The molecular formula is C15H21ClF3NO. The number of hydrogen-bond donors (Lipinski definition) is 1. The first-order chi connectivity index (χ1) is 9.57. The maximum atomic E-state index is 12.0. The molecule has 2 nitrogen and oxygen atoms in total. The molecule has 0 radical (unpaired) electrons. The summed E-state index contributed by atoms with van der Waals surface area (Å²) in [5, 5.41) is 3.74. The lowest BCUT2D eigenvalue weighted by atomic mass is 10.1. The number of halogens is 4. The van der Waals surface area contributed by atoms with E-state index in [1.165, 1.54) is 0 Å². The van der Waals surface area contributed by atoms with Gasteiger partial charge in [-0.1, -0.05) is 17.7 Å². The number of rotatable bonds is 6. The molecule has 120 valence electrons. The molecule has 0 heterocycles. The minimum absolute atomic E-state index is 0.000752. The van der Waals surface area contributed by atoms with Gasteiger partial charge in [0, 0.05) is 18.5 Å². The Balaban J connectivity index is 2.47. The molecule has 0 aliphatic carbocycles. The molecule has 0 aliphatic rings. The smallest absolute Gasteiger partial charge is 0.389 e. The summed E-state index contributed by atoms with van der Waals surface area (Å²) in [4.78, 5) is 0. The molecule has 0 saturated heterocycles. The normalized spacial score (nSPS) is 12.5. The van der Waals surface area contributed by atoms with E-state index in [1.54, 1.807) is 12.1 Å². The van der Waals surface area contributed by atoms with Crippen molar-refractivity contribution in [3.05, 3.63) is 28.8 Å². The molecule has 1 aromatic carbocycles. The van der Waals surface area contributed by atoms with Crippen molar-refractivity contribution in [3.63, 3.8) is 0 Å². The van der Waals surface area contributed by atoms with Crippen LogP contribution in [0.4, 0.5) is 13.2 Å². The predicted molar refractivity (Wildman–Crippen MR) is 78.8 cm³/mol. The van der Waals surface area contributed by atoms with Crippen LogP contribution in [0.25, 0.3) is 0 Å². The van der Waals surface area contributed by atoms with Gasteiger partial charge in [0.25, 0.3) is 0 Å². The van der Waals surface area contributed by atoms with Crippen molar-refractivity contribution in [3.8, 4) is 5.75 Å². The van der Waals surface area contributed by atoms with E-state index in [9.17, 15) is 13.2 Å². The topological polar surface area (TPSA) is 21.3 Å². The maximum absolute atomic E-state index is 12.0. The van der Waals surface area contributed by atoms with E-state index in [1.807, 2.05) is 6.07 Å². The Morgan fingerprint density at radius 3 is 2.38 bits per heavy atom. The van der Waals surface area contributed by atoms with Gasteiger partial charge in [-0.25, -0.2) is 0 Å². The van der Waals surface area contributed by atoms with E-state index in [-0.39, 0.29) is 18.6 Å². The summed E-state index contributed by atoms with van der Waals surface area (Å²) in [6.07, 6.45) is -5.07. The van der Waals surface area contributed by atoms with Crippen molar-refractivity contribution >= 4 is 11.6 Å². The van der Waals surface area contributed by atoms with Crippen molar-refractivity contribution < 1.29 is 17.9 Å². The number of hydrogen-bond acceptors (Lipinski definition) is 2. The quantitative estimate of drug-likeness (QED) is 0.748. The summed E-state index contributed by atoms with van der Waals surface area (Å²) in [5.74, 6) is 0.415. The number of nitrogens with one attached hydrogen (secondary N) is 1. The van der Waals surface area contributed by atoms with Crippen molar-refractivity contribution in [2.24, 2.45) is 0 Å². The zero-order valence-corrected chi connectivity index (χ0v) is 13.2. The fourth-order valence-corrected chi connectivity index (χ4v) is 1.85. The van der Waals surface area contributed by atoms with Crippen LogP contribution >= 0.6 is 11.6 Å². The molecule has 21 heavy (non-hydrogen) atoms. The van der Waals surface area contributed by atoms with Crippen molar-refractivity contribution in [2.45, 2.75) is 51.9 Å². The summed E-state index contributed by atoms with van der Waals surface area (Å²) in [7, 11) is 0. The third-order valence-corrected chi connectivity index (χ3v) is 2.98. The zero-order valence-electron chi connectivity index (χ0n) is 12.5. The van der Waals surface area contributed by atoms with Crippen LogP contribution in [-0.2, 0) is 6.54 Å². The lowest BCUT2D eigenvalue weighted by molar-refractivity contribution is -0.136. The van der Waals surface area contributed by atoms with Gasteiger partial charge < -0.3 is 10.1 Å². The van der Waals surface area contributed by atoms with Gasteiger partial charge in [0.15, 0.2) is 0 Å². The van der Waals surface area contributed by atoms with Gasteiger partial charge in [0.05, 0.1) is 11.6 Å². The Morgan fingerprint density at radius 2 is 1.86 bits per heavy atom. The van der Waals surface area contributed by atoms with E-state index in [2.05, 4.69) is 26.1 Å². The second-order valence-corrected chi connectivity index (χ2v) is 6.34. The minimum atomic E-state index is -4.14. The monoisotopic (exact) mass is 323 g/mol. The van der Waals surface area contributed by atoms with Crippen LogP contribution in [0.15, 0.2) is 18.2 Å². The Bertz CT molecular complexity index is 455. The molecule has 0 aliphatic heterocycles. The molecule has 0 fully saturated rings. The number of benzene rings is 1. The minimum Gasteiger partial charge on any atom is -0.492 e. The summed E-state index contributed by atoms with van der Waals surface area (Å²) in [6, 6.07) is 5.30. The lowest BCUT2D eigenvalue weighted by Gasteiger charge is -2.20. The Morgan fingerprint density at radius 1 is 1.19 bits per heavy atom. The van der Waals surface area contributed by atoms with Crippen LogP contribution in [-0.4, -0.2) is 18.3 Å². The molecule has 0 bridgehead atoms. The molecule has 1 N–H and O–H groups in total. The van der Waals surface area contributed by atoms with Gasteiger partial charge in [-0.15, -0.1) is 0 Å². The maximum Gasteiger partial charge on any atom is 0.389 e. The van der Waals surface area contributed by atoms with Gasteiger partial charge >= 0.3 is 6.18 Å². The van der Waals surface area contributed by atoms with E-state index in [0.717, 1.165) is 5.56 Å². The highest BCUT2D eigenvalue weighted by atomic mass is 35.5. The number of ether oxygens (including phenoxy) is 1. The van der Waals surface area contributed by atoms with E-state index in [4.69, 9.17) is 16.3 Å². The predicted octanol–water partition coefficient (Wildman–Crippen LogP) is 4.95. The molecule has 6 heteroatoms. The van der Waals surface area contributed by atoms with Crippen LogP contribution in [0, 0.1) is 0 Å². The molecule has 0 saturated carbocycles. The summed E-state index contributed by atoms with van der Waals surface area (Å²) >= 11 is 6.07.